The first kappa shape index (κ1) is 18.4. The number of hydrazine groups is 1. The number of thiophene rings is 1. The van der Waals surface area contributed by atoms with Crippen LogP contribution in [0.1, 0.15) is 60.1 Å². The number of aryl methyl sites for hydroxylation is 2. The van der Waals surface area contributed by atoms with Crippen molar-refractivity contribution in [2.75, 3.05) is 6.54 Å². The summed E-state index contributed by atoms with van der Waals surface area (Å²) >= 11 is 1.50. The molecule has 132 valence electrons. The highest BCUT2D eigenvalue weighted by molar-refractivity contribution is 7.14. The molecule has 3 amide bonds. The minimum absolute atomic E-state index is 0.169. The van der Waals surface area contributed by atoms with E-state index in [9.17, 15) is 14.4 Å². The van der Waals surface area contributed by atoms with Gasteiger partial charge in [-0.15, -0.1) is 11.3 Å². The molecule has 1 aromatic rings. The van der Waals surface area contributed by atoms with Crippen LogP contribution in [0.25, 0.3) is 0 Å². The predicted molar refractivity (Wildman–Crippen MR) is 93.7 cm³/mol. The van der Waals surface area contributed by atoms with Crippen LogP contribution >= 0.6 is 11.3 Å². The van der Waals surface area contributed by atoms with Crippen LogP contribution in [0, 0.1) is 5.41 Å². The summed E-state index contributed by atoms with van der Waals surface area (Å²) in [7, 11) is 0. The van der Waals surface area contributed by atoms with E-state index in [4.69, 9.17) is 0 Å². The Morgan fingerprint density at radius 3 is 2.50 bits per heavy atom. The van der Waals surface area contributed by atoms with Crippen LogP contribution in [0.5, 0.6) is 0 Å². The van der Waals surface area contributed by atoms with Gasteiger partial charge in [0.05, 0.1) is 11.4 Å². The third kappa shape index (κ3) is 5.06. The Kier molecular flexibility index (Phi) is 5.99. The summed E-state index contributed by atoms with van der Waals surface area (Å²) < 4.78 is 0. The van der Waals surface area contributed by atoms with E-state index in [1.165, 1.54) is 34.6 Å². The largest absolute Gasteiger partial charge is 0.347 e. The van der Waals surface area contributed by atoms with Crippen LogP contribution in [-0.2, 0) is 22.4 Å². The Balaban J connectivity index is 1.81. The number of carbonyl (C=O) groups excluding carboxylic acids is 3. The number of carbonyl (C=O) groups is 3. The summed E-state index contributed by atoms with van der Waals surface area (Å²) in [6.45, 7) is 5.13. The van der Waals surface area contributed by atoms with Gasteiger partial charge in [0.25, 0.3) is 11.8 Å². The van der Waals surface area contributed by atoms with Crippen molar-refractivity contribution in [2.45, 2.75) is 52.9 Å². The third-order valence-corrected chi connectivity index (χ3v) is 5.11. The van der Waals surface area contributed by atoms with Crippen LogP contribution in [0.4, 0.5) is 0 Å². The van der Waals surface area contributed by atoms with Crippen molar-refractivity contribution >= 4 is 29.1 Å². The molecule has 0 aliphatic heterocycles. The van der Waals surface area contributed by atoms with Crippen molar-refractivity contribution < 1.29 is 14.4 Å². The molecule has 0 radical (unpaired) electrons. The molecule has 1 aliphatic rings. The lowest BCUT2D eigenvalue weighted by atomic mass is 9.96. The predicted octanol–water partition coefficient (Wildman–Crippen LogP) is 1.94. The van der Waals surface area contributed by atoms with Crippen molar-refractivity contribution in [3.63, 3.8) is 0 Å². The number of hydrogen-bond donors (Lipinski definition) is 3. The summed E-state index contributed by atoms with van der Waals surface area (Å²) in [5, 5.41) is 2.53. The molecule has 0 bridgehead atoms. The van der Waals surface area contributed by atoms with Crippen molar-refractivity contribution in [1.82, 2.24) is 16.2 Å². The highest BCUT2D eigenvalue weighted by atomic mass is 32.1. The van der Waals surface area contributed by atoms with Gasteiger partial charge < -0.3 is 5.32 Å². The molecule has 6 nitrogen and oxygen atoms in total. The summed E-state index contributed by atoms with van der Waals surface area (Å²) in [5.74, 6) is -0.992. The summed E-state index contributed by atoms with van der Waals surface area (Å²) in [4.78, 5) is 37.4. The Morgan fingerprint density at radius 1 is 1.08 bits per heavy atom. The van der Waals surface area contributed by atoms with Gasteiger partial charge in [0.15, 0.2) is 0 Å². The molecule has 1 aliphatic carbocycles. The smallest absolute Gasteiger partial charge is 0.279 e. The second-order valence-corrected chi connectivity index (χ2v) is 8.19. The zero-order valence-electron chi connectivity index (χ0n) is 14.5. The molecule has 1 aromatic heterocycles. The molecular formula is C17H25N3O3S. The average Bonchev–Trinajstić information content (AvgIpc) is 2.80. The number of amides is 3. The fourth-order valence-electron chi connectivity index (χ4n) is 2.44. The molecule has 2 rings (SSSR count). The molecule has 3 N–H and O–H groups in total. The summed E-state index contributed by atoms with van der Waals surface area (Å²) in [5.41, 5.74) is 5.44. The Bertz CT molecular complexity index is 608. The number of fused-ring (bicyclic) bond motifs is 1. The lowest BCUT2D eigenvalue weighted by Gasteiger charge is -2.17. The standard InChI is InChI=1S/C17H25N3O3S/c1-17(2,3)16(23)18-10-14(21)19-20-15(22)13-9-11-7-5-4-6-8-12(11)24-13/h9H,4-8,10H2,1-3H3,(H,18,23)(H,19,21)(H,20,22). The minimum Gasteiger partial charge on any atom is -0.347 e. The van der Waals surface area contributed by atoms with E-state index >= 15 is 0 Å². The van der Waals surface area contributed by atoms with E-state index in [1.54, 1.807) is 20.8 Å². The molecule has 24 heavy (non-hydrogen) atoms. The van der Waals surface area contributed by atoms with E-state index in [-0.39, 0.29) is 18.4 Å². The average molecular weight is 351 g/mol. The van der Waals surface area contributed by atoms with Gasteiger partial charge in [0.1, 0.15) is 0 Å². The van der Waals surface area contributed by atoms with Gasteiger partial charge in [-0.25, -0.2) is 0 Å². The first-order valence-electron chi connectivity index (χ1n) is 8.26. The first-order chi connectivity index (χ1) is 11.3. The maximum Gasteiger partial charge on any atom is 0.279 e. The van der Waals surface area contributed by atoms with Crippen molar-refractivity contribution in [1.29, 1.82) is 0 Å². The fraction of sp³-hybridized carbons (Fsp3) is 0.588. The molecule has 0 saturated heterocycles. The number of nitrogens with one attached hydrogen (secondary N) is 3. The second-order valence-electron chi connectivity index (χ2n) is 7.05. The van der Waals surface area contributed by atoms with Crippen LogP contribution in [0.3, 0.4) is 0 Å². The fourth-order valence-corrected chi connectivity index (χ4v) is 3.59. The first-order valence-corrected chi connectivity index (χ1v) is 9.08. The van der Waals surface area contributed by atoms with Gasteiger partial charge in [-0.1, -0.05) is 27.2 Å². The Labute approximate surface area is 146 Å². The second kappa shape index (κ2) is 7.79. The van der Waals surface area contributed by atoms with Crippen LogP contribution < -0.4 is 16.2 Å². The van der Waals surface area contributed by atoms with E-state index in [0.29, 0.717) is 4.88 Å². The zero-order valence-corrected chi connectivity index (χ0v) is 15.3. The van der Waals surface area contributed by atoms with Gasteiger partial charge in [-0.3, -0.25) is 25.2 Å². The van der Waals surface area contributed by atoms with Crippen LogP contribution in [0.15, 0.2) is 6.07 Å². The maximum atomic E-state index is 12.1. The molecule has 0 spiro atoms. The summed E-state index contributed by atoms with van der Waals surface area (Å²) in [6.07, 6.45) is 5.61. The maximum absolute atomic E-state index is 12.1. The van der Waals surface area contributed by atoms with Gasteiger partial charge in [-0.05, 0) is 37.3 Å². The normalized spacial score (nSPS) is 14.3. The van der Waals surface area contributed by atoms with E-state index in [1.807, 2.05) is 6.07 Å². The minimum atomic E-state index is -0.557. The van der Waals surface area contributed by atoms with Gasteiger partial charge in [0, 0.05) is 10.3 Å². The van der Waals surface area contributed by atoms with E-state index < -0.39 is 11.3 Å². The van der Waals surface area contributed by atoms with Crippen LogP contribution in [-0.4, -0.2) is 24.3 Å². The SMILES string of the molecule is CC(C)(C)C(=O)NCC(=O)NNC(=O)c1cc2c(s1)CCCCC2. The lowest BCUT2D eigenvalue weighted by Crippen LogP contribution is -2.47. The molecule has 0 atom stereocenters. The number of rotatable bonds is 3. The zero-order chi connectivity index (χ0) is 17.7. The van der Waals surface area contributed by atoms with Gasteiger partial charge >= 0.3 is 0 Å². The lowest BCUT2D eigenvalue weighted by molar-refractivity contribution is -0.131. The molecule has 0 unspecified atom stereocenters. The Morgan fingerprint density at radius 2 is 1.79 bits per heavy atom. The van der Waals surface area contributed by atoms with Gasteiger partial charge in [0.2, 0.25) is 5.91 Å². The molecule has 0 fully saturated rings. The molecular weight excluding hydrogens is 326 g/mol. The van der Waals surface area contributed by atoms with E-state index in [0.717, 1.165) is 19.3 Å². The topological polar surface area (TPSA) is 87.3 Å². The Hall–Kier alpha value is -1.89. The molecule has 0 aromatic carbocycles. The van der Waals surface area contributed by atoms with Crippen molar-refractivity contribution in [2.24, 2.45) is 5.41 Å². The molecule has 1 heterocycles. The highest BCUT2D eigenvalue weighted by Gasteiger charge is 2.21. The molecule has 0 saturated carbocycles. The van der Waals surface area contributed by atoms with E-state index in [2.05, 4.69) is 16.2 Å². The van der Waals surface area contributed by atoms with Crippen LogP contribution in [0.2, 0.25) is 0 Å². The quantitative estimate of drug-likeness (QED) is 0.574. The highest BCUT2D eigenvalue weighted by Crippen LogP contribution is 2.28. The third-order valence-electron chi connectivity index (χ3n) is 3.88. The number of hydrogen-bond acceptors (Lipinski definition) is 4. The summed E-state index contributed by atoms with van der Waals surface area (Å²) in [6, 6.07) is 1.92. The molecule has 7 heteroatoms. The monoisotopic (exact) mass is 351 g/mol. The van der Waals surface area contributed by atoms with Crippen molar-refractivity contribution in [3.8, 4) is 0 Å². The van der Waals surface area contributed by atoms with Gasteiger partial charge in [-0.2, -0.15) is 0 Å². The van der Waals surface area contributed by atoms with Crippen molar-refractivity contribution in [3.05, 3.63) is 21.4 Å².